The Labute approximate surface area is 92.9 Å². The lowest BCUT2D eigenvalue weighted by molar-refractivity contribution is 0.499. The minimum absolute atomic E-state index is 0.653. The Morgan fingerprint density at radius 2 is 2.00 bits per heavy atom. The van der Waals surface area contributed by atoms with Crippen LogP contribution in [0, 0.1) is 5.92 Å². The maximum atomic E-state index is 3.67. The van der Waals surface area contributed by atoms with Crippen molar-refractivity contribution in [2.75, 3.05) is 0 Å². The fourth-order valence-electron chi connectivity index (χ4n) is 2.03. The van der Waals surface area contributed by atoms with Crippen LogP contribution in [0.3, 0.4) is 0 Å². The SMILES string of the molecule is CC(CCc1ccccc1)NC1CC1C. The van der Waals surface area contributed by atoms with E-state index in [1.807, 2.05) is 0 Å². The molecule has 3 atom stereocenters. The molecule has 1 aliphatic carbocycles. The van der Waals surface area contributed by atoms with Gasteiger partial charge in [-0.05, 0) is 37.7 Å². The molecule has 0 saturated heterocycles. The molecule has 0 spiro atoms. The molecule has 15 heavy (non-hydrogen) atoms. The highest BCUT2D eigenvalue weighted by atomic mass is 15.0. The Hall–Kier alpha value is -0.820. The Kier molecular flexibility index (Phi) is 3.42. The minimum Gasteiger partial charge on any atom is -0.311 e. The second-order valence-electron chi connectivity index (χ2n) is 4.91. The van der Waals surface area contributed by atoms with Gasteiger partial charge in [0.2, 0.25) is 0 Å². The van der Waals surface area contributed by atoms with Gasteiger partial charge in [0.25, 0.3) is 0 Å². The lowest BCUT2D eigenvalue weighted by atomic mass is 10.1. The van der Waals surface area contributed by atoms with Crippen molar-refractivity contribution in [3.8, 4) is 0 Å². The van der Waals surface area contributed by atoms with E-state index in [-0.39, 0.29) is 0 Å². The average molecular weight is 203 g/mol. The van der Waals surface area contributed by atoms with Gasteiger partial charge in [-0.2, -0.15) is 0 Å². The van der Waals surface area contributed by atoms with Crippen molar-refractivity contribution in [2.45, 2.75) is 45.2 Å². The molecule has 0 aromatic heterocycles. The van der Waals surface area contributed by atoms with E-state index in [9.17, 15) is 0 Å². The van der Waals surface area contributed by atoms with Gasteiger partial charge in [0, 0.05) is 12.1 Å². The molecule has 1 aromatic rings. The zero-order valence-electron chi connectivity index (χ0n) is 9.74. The van der Waals surface area contributed by atoms with Crippen molar-refractivity contribution in [2.24, 2.45) is 5.92 Å². The van der Waals surface area contributed by atoms with Gasteiger partial charge < -0.3 is 5.32 Å². The molecule has 1 heteroatoms. The summed E-state index contributed by atoms with van der Waals surface area (Å²) in [6.07, 6.45) is 3.80. The summed E-state index contributed by atoms with van der Waals surface area (Å²) in [5.41, 5.74) is 1.45. The minimum atomic E-state index is 0.653. The highest BCUT2D eigenvalue weighted by Gasteiger charge is 2.32. The van der Waals surface area contributed by atoms with Crippen LogP contribution in [0.15, 0.2) is 30.3 Å². The molecule has 3 unspecified atom stereocenters. The third kappa shape index (κ3) is 3.35. The highest BCUT2D eigenvalue weighted by Crippen LogP contribution is 2.29. The predicted molar refractivity (Wildman–Crippen MR) is 64.9 cm³/mol. The summed E-state index contributed by atoms with van der Waals surface area (Å²) in [4.78, 5) is 0. The number of aryl methyl sites for hydroxylation is 1. The molecule has 1 fully saturated rings. The standard InChI is InChI=1S/C14H21N/c1-11-10-14(11)15-12(2)8-9-13-6-4-3-5-7-13/h3-7,11-12,14-15H,8-10H2,1-2H3. The first-order chi connectivity index (χ1) is 7.25. The summed E-state index contributed by atoms with van der Waals surface area (Å²) in [6, 6.07) is 12.2. The van der Waals surface area contributed by atoms with Gasteiger partial charge in [-0.3, -0.25) is 0 Å². The predicted octanol–water partition coefficient (Wildman–Crippen LogP) is 3.01. The number of nitrogens with one attached hydrogen (secondary N) is 1. The van der Waals surface area contributed by atoms with Crippen LogP contribution in [0.25, 0.3) is 0 Å². The first-order valence-electron chi connectivity index (χ1n) is 6.05. The van der Waals surface area contributed by atoms with Crippen molar-refractivity contribution >= 4 is 0 Å². The normalized spacial score (nSPS) is 26.3. The topological polar surface area (TPSA) is 12.0 Å². The lowest BCUT2D eigenvalue weighted by Gasteiger charge is -2.13. The summed E-state index contributed by atoms with van der Waals surface area (Å²) < 4.78 is 0. The van der Waals surface area contributed by atoms with Crippen LogP contribution in [0.2, 0.25) is 0 Å². The Bertz CT molecular complexity index is 293. The zero-order chi connectivity index (χ0) is 10.7. The van der Waals surface area contributed by atoms with E-state index in [1.165, 1.54) is 24.8 Å². The van der Waals surface area contributed by atoms with Crippen molar-refractivity contribution in [3.63, 3.8) is 0 Å². The smallest absolute Gasteiger partial charge is 0.00988 e. The molecule has 0 radical (unpaired) electrons. The Balaban J connectivity index is 1.69. The van der Waals surface area contributed by atoms with Crippen LogP contribution in [0.5, 0.6) is 0 Å². The monoisotopic (exact) mass is 203 g/mol. The molecule has 82 valence electrons. The first kappa shape index (κ1) is 10.7. The molecular weight excluding hydrogens is 182 g/mol. The van der Waals surface area contributed by atoms with Crippen LogP contribution in [-0.4, -0.2) is 12.1 Å². The van der Waals surface area contributed by atoms with E-state index in [0.717, 1.165) is 12.0 Å². The summed E-state index contributed by atoms with van der Waals surface area (Å²) in [6.45, 7) is 4.62. The van der Waals surface area contributed by atoms with Gasteiger partial charge in [-0.1, -0.05) is 37.3 Å². The second kappa shape index (κ2) is 4.80. The van der Waals surface area contributed by atoms with Crippen LogP contribution < -0.4 is 5.32 Å². The molecule has 0 amide bonds. The molecule has 1 aliphatic rings. The fraction of sp³-hybridized carbons (Fsp3) is 0.571. The van der Waals surface area contributed by atoms with E-state index in [2.05, 4.69) is 49.5 Å². The van der Waals surface area contributed by atoms with Crippen LogP contribution in [0.4, 0.5) is 0 Å². The van der Waals surface area contributed by atoms with Gasteiger partial charge in [0.05, 0.1) is 0 Å². The summed E-state index contributed by atoms with van der Waals surface area (Å²) in [5, 5.41) is 3.67. The quantitative estimate of drug-likeness (QED) is 0.775. The van der Waals surface area contributed by atoms with Gasteiger partial charge in [0.1, 0.15) is 0 Å². The second-order valence-corrected chi connectivity index (χ2v) is 4.91. The van der Waals surface area contributed by atoms with Gasteiger partial charge in [0.15, 0.2) is 0 Å². The van der Waals surface area contributed by atoms with Crippen molar-refractivity contribution < 1.29 is 0 Å². The van der Waals surface area contributed by atoms with Gasteiger partial charge in [-0.25, -0.2) is 0 Å². The van der Waals surface area contributed by atoms with E-state index < -0.39 is 0 Å². The maximum absolute atomic E-state index is 3.67. The Morgan fingerprint density at radius 3 is 2.60 bits per heavy atom. The molecule has 0 heterocycles. The van der Waals surface area contributed by atoms with Crippen LogP contribution in [0.1, 0.15) is 32.3 Å². The van der Waals surface area contributed by atoms with Gasteiger partial charge >= 0.3 is 0 Å². The first-order valence-corrected chi connectivity index (χ1v) is 6.05. The molecule has 2 rings (SSSR count). The summed E-state index contributed by atoms with van der Waals surface area (Å²) in [5.74, 6) is 0.907. The summed E-state index contributed by atoms with van der Waals surface area (Å²) in [7, 11) is 0. The van der Waals surface area contributed by atoms with E-state index in [4.69, 9.17) is 0 Å². The molecule has 1 nitrogen and oxygen atoms in total. The van der Waals surface area contributed by atoms with E-state index >= 15 is 0 Å². The number of benzene rings is 1. The van der Waals surface area contributed by atoms with Crippen molar-refractivity contribution in [1.82, 2.24) is 5.32 Å². The van der Waals surface area contributed by atoms with Crippen LogP contribution in [-0.2, 0) is 6.42 Å². The molecule has 1 saturated carbocycles. The van der Waals surface area contributed by atoms with Crippen molar-refractivity contribution in [3.05, 3.63) is 35.9 Å². The van der Waals surface area contributed by atoms with Gasteiger partial charge in [-0.15, -0.1) is 0 Å². The number of hydrogen-bond donors (Lipinski definition) is 1. The Morgan fingerprint density at radius 1 is 1.33 bits per heavy atom. The maximum Gasteiger partial charge on any atom is 0.00988 e. The molecule has 1 N–H and O–H groups in total. The highest BCUT2D eigenvalue weighted by molar-refractivity contribution is 5.14. The van der Waals surface area contributed by atoms with E-state index in [1.54, 1.807) is 0 Å². The van der Waals surface area contributed by atoms with Crippen LogP contribution >= 0.6 is 0 Å². The number of rotatable bonds is 5. The largest absolute Gasteiger partial charge is 0.311 e. The van der Waals surface area contributed by atoms with E-state index in [0.29, 0.717) is 6.04 Å². The fourth-order valence-corrected chi connectivity index (χ4v) is 2.03. The average Bonchev–Trinajstić information content (AvgIpc) is 2.93. The molecule has 1 aromatic carbocycles. The number of hydrogen-bond acceptors (Lipinski definition) is 1. The van der Waals surface area contributed by atoms with Crippen molar-refractivity contribution in [1.29, 1.82) is 0 Å². The third-order valence-electron chi connectivity index (χ3n) is 3.32. The molecular formula is C14H21N. The lowest BCUT2D eigenvalue weighted by Crippen LogP contribution is -2.29. The molecule has 0 aliphatic heterocycles. The third-order valence-corrected chi connectivity index (χ3v) is 3.32. The molecule has 0 bridgehead atoms. The summed E-state index contributed by atoms with van der Waals surface area (Å²) >= 11 is 0. The zero-order valence-corrected chi connectivity index (χ0v) is 9.74.